The Balaban J connectivity index is 1.41. The summed E-state index contributed by atoms with van der Waals surface area (Å²) >= 11 is 0. The van der Waals surface area contributed by atoms with Crippen molar-refractivity contribution >= 4 is 5.91 Å². The fourth-order valence-electron chi connectivity index (χ4n) is 3.44. The lowest BCUT2D eigenvalue weighted by molar-refractivity contribution is 0.0727. The number of hydrogen-bond donors (Lipinski definition) is 0. The Morgan fingerprint density at radius 2 is 2.07 bits per heavy atom. The molecule has 0 aliphatic carbocycles. The standard InChI is InChI=1S/C21H22N4O3/c1-15-17(9-5-11-22-15)21(26)25-12-6-10-18(25)20-23-19(28-24-20)14-27-13-16-7-3-2-4-8-16/h2-5,7-9,11,18H,6,10,12-14H2,1H3. The van der Waals surface area contributed by atoms with E-state index in [-0.39, 0.29) is 18.6 Å². The molecule has 0 radical (unpaired) electrons. The first-order valence-corrected chi connectivity index (χ1v) is 9.39. The maximum absolute atomic E-state index is 13.0. The Hall–Kier alpha value is -3.06. The number of nitrogens with zero attached hydrogens (tertiary/aromatic N) is 4. The van der Waals surface area contributed by atoms with Crippen molar-refractivity contribution in [3.8, 4) is 0 Å². The summed E-state index contributed by atoms with van der Waals surface area (Å²) in [5, 5.41) is 4.10. The molecule has 1 aliphatic heterocycles. The van der Waals surface area contributed by atoms with E-state index in [1.165, 1.54) is 0 Å². The monoisotopic (exact) mass is 378 g/mol. The molecule has 1 saturated heterocycles. The van der Waals surface area contributed by atoms with Crippen LogP contribution < -0.4 is 0 Å². The first-order chi connectivity index (χ1) is 13.7. The van der Waals surface area contributed by atoms with Crippen LogP contribution in [0.4, 0.5) is 0 Å². The lowest BCUT2D eigenvalue weighted by atomic mass is 10.1. The number of likely N-dealkylation sites (tertiary alicyclic amines) is 1. The summed E-state index contributed by atoms with van der Waals surface area (Å²) in [5.41, 5.74) is 2.42. The summed E-state index contributed by atoms with van der Waals surface area (Å²) < 4.78 is 11.0. The number of pyridine rings is 1. The maximum Gasteiger partial charge on any atom is 0.256 e. The fraction of sp³-hybridized carbons (Fsp3) is 0.333. The molecule has 0 spiro atoms. The summed E-state index contributed by atoms with van der Waals surface area (Å²) in [7, 11) is 0. The summed E-state index contributed by atoms with van der Waals surface area (Å²) in [6.07, 6.45) is 3.41. The molecule has 1 aliphatic rings. The Morgan fingerprint density at radius 1 is 1.21 bits per heavy atom. The molecule has 0 bridgehead atoms. The zero-order valence-corrected chi connectivity index (χ0v) is 15.7. The molecule has 1 amide bonds. The quantitative estimate of drug-likeness (QED) is 0.653. The van der Waals surface area contributed by atoms with Gasteiger partial charge in [0, 0.05) is 18.4 Å². The number of aryl methyl sites for hydroxylation is 1. The molecule has 1 atom stereocenters. The zero-order valence-electron chi connectivity index (χ0n) is 15.7. The van der Waals surface area contributed by atoms with Gasteiger partial charge in [0.15, 0.2) is 5.82 Å². The van der Waals surface area contributed by atoms with Gasteiger partial charge in [0.2, 0.25) is 0 Å². The molecule has 1 aromatic carbocycles. The Kier molecular flexibility index (Phi) is 5.43. The second-order valence-corrected chi connectivity index (χ2v) is 6.82. The number of carbonyl (C=O) groups excluding carboxylic acids is 1. The minimum Gasteiger partial charge on any atom is -0.367 e. The maximum atomic E-state index is 13.0. The molecule has 0 saturated carbocycles. The van der Waals surface area contributed by atoms with Gasteiger partial charge in [0.05, 0.1) is 18.2 Å². The third kappa shape index (κ3) is 3.94. The average molecular weight is 378 g/mol. The van der Waals surface area contributed by atoms with E-state index in [9.17, 15) is 4.79 Å². The number of rotatable bonds is 6. The first-order valence-electron chi connectivity index (χ1n) is 9.39. The number of carbonyl (C=O) groups is 1. The number of ether oxygens (including phenoxy) is 1. The summed E-state index contributed by atoms with van der Waals surface area (Å²) in [5.74, 6) is 0.910. The van der Waals surface area contributed by atoms with Crippen LogP contribution in [-0.4, -0.2) is 32.5 Å². The van der Waals surface area contributed by atoms with Gasteiger partial charge in [-0.3, -0.25) is 9.78 Å². The summed E-state index contributed by atoms with van der Waals surface area (Å²) in [4.78, 5) is 23.4. The Bertz CT molecular complexity index is 942. The van der Waals surface area contributed by atoms with E-state index >= 15 is 0 Å². The Labute approximate surface area is 163 Å². The number of benzene rings is 1. The molecule has 7 nitrogen and oxygen atoms in total. The molecule has 2 aromatic heterocycles. The minimum absolute atomic E-state index is 0.0419. The Morgan fingerprint density at radius 3 is 2.89 bits per heavy atom. The molecule has 3 aromatic rings. The smallest absolute Gasteiger partial charge is 0.256 e. The second kappa shape index (κ2) is 8.31. The second-order valence-electron chi connectivity index (χ2n) is 6.82. The van der Waals surface area contributed by atoms with Crippen molar-refractivity contribution in [1.29, 1.82) is 0 Å². The van der Waals surface area contributed by atoms with Gasteiger partial charge < -0.3 is 14.2 Å². The number of hydrogen-bond acceptors (Lipinski definition) is 6. The SMILES string of the molecule is Cc1ncccc1C(=O)N1CCCC1c1noc(COCc2ccccc2)n1. The van der Waals surface area contributed by atoms with Gasteiger partial charge in [-0.2, -0.15) is 4.98 Å². The highest BCUT2D eigenvalue weighted by atomic mass is 16.5. The van der Waals surface area contributed by atoms with Crippen LogP contribution in [0, 0.1) is 6.92 Å². The highest BCUT2D eigenvalue weighted by Crippen LogP contribution is 2.31. The van der Waals surface area contributed by atoms with Crippen molar-refractivity contribution < 1.29 is 14.1 Å². The molecule has 1 unspecified atom stereocenters. The molecule has 7 heteroatoms. The van der Waals surface area contributed by atoms with Crippen LogP contribution in [0.3, 0.4) is 0 Å². The third-order valence-electron chi connectivity index (χ3n) is 4.87. The van der Waals surface area contributed by atoms with Crippen LogP contribution >= 0.6 is 0 Å². The lowest BCUT2D eigenvalue weighted by Gasteiger charge is -2.22. The van der Waals surface area contributed by atoms with Crippen LogP contribution in [0.2, 0.25) is 0 Å². The van der Waals surface area contributed by atoms with Gasteiger partial charge >= 0.3 is 0 Å². The molecule has 144 valence electrons. The average Bonchev–Trinajstić information content (AvgIpc) is 3.38. The van der Waals surface area contributed by atoms with E-state index < -0.39 is 0 Å². The van der Waals surface area contributed by atoms with Crippen LogP contribution in [0.25, 0.3) is 0 Å². The molecule has 28 heavy (non-hydrogen) atoms. The van der Waals surface area contributed by atoms with Crippen molar-refractivity contribution in [3.63, 3.8) is 0 Å². The van der Waals surface area contributed by atoms with Gasteiger partial charge in [-0.05, 0) is 37.5 Å². The number of aromatic nitrogens is 3. The summed E-state index contributed by atoms with van der Waals surface area (Å²) in [6.45, 7) is 3.23. The fourth-order valence-corrected chi connectivity index (χ4v) is 3.44. The van der Waals surface area contributed by atoms with Gasteiger partial charge in [0.25, 0.3) is 11.8 Å². The van der Waals surface area contributed by atoms with Crippen LogP contribution in [0.1, 0.15) is 52.2 Å². The van der Waals surface area contributed by atoms with Gasteiger partial charge in [-0.25, -0.2) is 0 Å². The lowest BCUT2D eigenvalue weighted by Crippen LogP contribution is -2.31. The highest BCUT2D eigenvalue weighted by molar-refractivity contribution is 5.95. The van der Waals surface area contributed by atoms with E-state index in [0.717, 1.165) is 24.1 Å². The van der Waals surface area contributed by atoms with E-state index in [2.05, 4.69) is 15.1 Å². The van der Waals surface area contributed by atoms with Gasteiger partial charge in [-0.15, -0.1) is 0 Å². The van der Waals surface area contributed by atoms with Crippen molar-refractivity contribution in [2.75, 3.05) is 6.54 Å². The number of amides is 1. The third-order valence-corrected chi connectivity index (χ3v) is 4.87. The van der Waals surface area contributed by atoms with E-state index in [1.54, 1.807) is 18.3 Å². The van der Waals surface area contributed by atoms with Crippen molar-refractivity contribution in [3.05, 3.63) is 77.2 Å². The largest absolute Gasteiger partial charge is 0.367 e. The van der Waals surface area contributed by atoms with Crippen molar-refractivity contribution in [2.45, 2.75) is 39.0 Å². The molecule has 0 N–H and O–H groups in total. The first kappa shape index (κ1) is 18.3. The zero-order chi connectivity index (χ0) is 19.3. The normalized spacial score (nSPS) is 16.5. The predicted molar refractivity (Wildman–Crippen MR) is 101 cm³/mol. The molecule has 3 heterocycles. The minimum atomic E-state index is -0.182. The van der Waals surface area contributed by atoms with E-state index in [0.29, 0.717) is 30.4 Å². The van der Waals surface area contributed by atoms with Gasteiger partial charge in [-0.1, -0.05) is 35.5 Å². The van der Waals surface area contributed by atoms with Gasteiger partial charge in [0.1, 0.15) is 6.61 Å². The predicted octanol–water partition coefficient (Wildman–Crippen LogP) is 3.47. The van der Waals surface area contributed by atoms with Crippen molar-refractivity contribution in [2.24, 2.45) is 0 Å². The molecular formula is C21H22N4O3. The molecule has 4 rings (SSSR count). The highest BCUT2D eigenvalue weighted by Gasteiger charge is 2.34. The van der Waals surface area contributed by atoms with Crippen molar-refractivity contribution in [1.82, 2.24) is 20.0 Å². The molecule has 1 fully saturated rings. The van der Waals surface area contributed by atoms with E-state index in [4.69, 9.17) is 9.26 Å². The summed E-state index contributed by atoms with van der Waals surface area (Å²) in [6, 6.07) is 13.3. The van der Waals surface area contributed by atoms with Crippen LogP contribution in [0.5, 0.6) is 0 Å². The topological polar surface area (TPSA) is 81.4 Å². The van der Waals surface area contributed by atoms with Crippen LogP contribution in [0.15, 0.2) is 53.2 Å². The molecular weight excluding hydrogens is 356 g/mol. The van der Waals surface area contributed by atoms with E-state index in [1.807, 2.05) is 42.2 Å². The van der Waals surface area contributed by atoms with Crippen LogP contribution in [-0.2, 0) is 18.0 Å².